The summed E-state index contributed by atoms with van der Waals surface area (Å²) in [6.45, 7) is 0. The summed E-state index contributed by atoms with van der Waals surface area (Å²) >= 11 is 0. The molecule has 1 aliphatic rings. The Bertz CT molecular complexity index is 360. The van der Waals surface area contributed by atoms with Crippen LogP contribution in [0.15, 0.2) is 29.4 Å². The van der Waals surface area contributed by atoms with Crippen LogP contribution >= 0.6 is 0 Å². The Morgan fingerprint density at radius 1 is 1.46 bits per heavy atom. The molecule has 3 nitrogen and oxygen atoms in total. The minimum atomic E-state index is -0.235. The molecule has 1 aliphatic heterocycles. The third kappa shape index (κ3) is 1.22. The van der Waals surface area contributed by atoms with Gasteiger partial charge in [-0.15, -0.1) is 0 Å². The standard InChI is InChI=1S/C10H10N2O/c1-12-10(7-13)9-5-3-2-4-8(9)6-11-12/h2-7,10H,1H3. The summed E-state index contributed by atoms with van der Waals surface area (Å²) in [5, 5.41) is 5.76. The molecule has 0 bridgehead atoms. The number of benzene rings is 1. The lowest BCUT2D eigenvalue weighted by molar-refractivity contribution is -0.112. The maximum atomic E-state index is 10.8. The molecule has 0 saturated heterocycles. The maximum absolute atomic E-state index is 10.8. The molecule has 1 atom stereocenters. The zero-order valence-electron chi connectivity index (χ0n) is 7.34. The van der Waals surface area contributed by atoms with E-state index in [4.69, 9.17) is 0 Å². The van der Waals surface area contributed by atoms with Crippen LogP contribution in [0.4, 0.5) is 0 Å². The van der Waals surface area contributed by atoms with Gasteiger partial charge in [0, 0.05) is 12.6 Å². The number of nitrogens with zero attached hydrogens (tertiary/aromatic N) is 2. The van der Waals surface area contributed by atoms with Crippen LogP contribution in [0.3, 0.4) is 0 Å². The Balaban J connectivity index is 2.53. The fraction of sp³-hybridized carbons (Fsp3) is 0.200. The van der Waals surface area contributed by atoms with Gasteiger partial charge in [0.05, 0.1) is 6.21 Å². The highest BCUT2D eigenvalue weighted by atomic mass is 16.1. The zero-order valence-corrected chi connectivity index (χ0v) is 7.34. The van der Waals surface area contributed by atoms with Crippen molar-refractivity contribution in [3.8, 4) is 0 Å². The van der Waals surface area contributed by atoms with Gasteiger partial charge in [-0.3, -0.25) is 5.01 Å². The molecule has 0 amide bonds. The summed E-state index contributed by atoms with van der Waals surface area (Å²) < 4.78 is 0. The number of likely N-dealkylation sites (N-methyl/N-ethyl adjacent to an activating group) is 1. The van der Waals surface area contributed by atoms with Crippen molar-refractivity contribution in [3.05, 3.63) is 35.4 Å². The van der Waals surface area contributed by atoms with Crippen molar-refractivity contribution in [2.24, 2.45) is 5.10 Å². The summed E-state index contributed by atoms with van der Waals surface area (Å²) in [5.41, 5.74) is 2.05. The van der Waals surface area contributed by atoms with Gasteiger partial charge in [-0.1, -0.05) is 24.3 Å². The highest BCUT2D eigenvalue weighted by Gasteiger charge is 2.20. The first-order valence-electron chi connectivity index (χ1n) is 4.14. The quantitative estimate of drug-likeness (QED) is 0.599. The van der Waals surface area contributed by atoms with E-state index in [-0.39, 0.29) is 6.04 Å². The van der Waals surface area contributed by atoms with Gasteiger partial charge in [-0.2, -0.15) is 5.10 Å². The second-order valence-corrected chi connectivity index (χ2v) is 3.03. The van der Waals surface area contributed by atoms with E-state index < -0.39 is 0 Å². The van der Waals surface area contributed by atoms with Gasteiger partial charge in [0.2, 0.25) is 0 Å². The molecule has 66 valence electrons. The monoisotopic (exact) mass is 174 g/mol. The van der Waals surface area contributed by atoms with Crippen molar-refractivity contribution in [1.82, 2.24) is 5.01 Å². The lowest BCUT2D eigenvalue weighted by Gasteiger charge is -2.25. The smallest absolute Gasteiger partial charge is 0.148 e. The van der Waals surface area contributed by atoms with Crippen molar-refractivity contribution in [2.75, 3.05) is 7.05 Å². The molecule has 0 saturated carbocycles. The average Bonchev–Trinajstić information content (AvgIpc) is 2.18. The lowest BCUT2D eigenvalue weighted by atomic mass is 10.0. The van der Waals surface area contributed by atoms with Crippen molar-refractivity contribution >= 4 is 12.5 Å². The summed E-state index contributed by atoms with van der Waals surface area (Å²) in [7, 11) is 1.80. The van der Waals surface area contributed by atoms with Crippen LogP contribution in [0.1, 0.15) is 17.2 Å². The van der Waals surface area contributed by atoms with E-state index in [9.17, 15) is 4.79 Å². The molecular formula is C10H10N2O. The van der Waals surface area contributed by atoms with Gasteiger partial charge < -0.3 is 4.79 Å². The second kappa shape index (κ2) is 3.01. The van der Waals surface area contributed by atoms with E-state index in [1.54, 1.807) is 18.3 Å². The Morgan fingerprint density at radius 2 is 2.23 bits per heavy atom. The molecule has 1 heterocycles. The molecule has 0 radical (unpaired) electrons. The second-order valence-electron chi connectivity index (χ2n) is 3.03. The summed E-state index contributed by atoms with van der Waals surface area (Å²) in [6, 6.07) is 7.56. The first kappa shape index (κ1) is 7.98. The minimum absolute atomic E-state index is 0.235. The Hall–Kier alpha value is -1.64. The zero-order chi connectivity index (χ0) is 9.26. The number of hydrazone groups is 1. The third-order valence-corrected chi connectivity index (χ3v) is 2.23. The van der Waals surface area contributed by atoms with E-state index in [1.165, 1.54) is 0 Å². The van der Waals surface area contributed by atoms with Crippen LogP contribution in [0.2, 0.25) is 0 Å². The number of carbonyl (C=O) groups excluding carboxylic acids is 1. The molecular weight excluding hydrogens is 164 g/mol. The van der Waals surface area contributed by atoms with Crippen LogP contribution in [0, 0.1) is 0 Å². The number of rotatable bonds is 1. The average molecular weight is 174 g/mol. The fourth-order valence-electron chi connectivity index (χ4n) is 1.49. The van der Waals surface area contributed by atoms with Crippen LogP contribution in [-0.4, -0.2) is 24.6 Å². The maximum Gasteiger partial charge on any atom is 0.148 e. The first-order chi connectivity index (χ1) is 6.33. The number of hydrogen-bond donors (Lipinski definition) is 0. The number of hydrogen-bond acceptors (Lipinski definition) is 3. The molecule has 0 fully saturated rings. The summed E-state index contributed by atoms with van der Waals surface area (Å²) in [4.78, 5) is 10.8. The van der Waals surface area contributed by atoms with Gasteiger partial charge in [-0.25, -0.2) is 0 Å². The van der Waals surface area contributed by atoms with Gasteiger partial charge in [-0.05, 0) is 5.56 Å². The largest absolute Gasteiger partial charge is 0.301 e. The highest BCUT2D eigenvalue weighted by molar-refractivity contribution is 5.85. The molecule has 13 heavy (non-hydrogen) atoms. The predicted octanol–water partition coefficient (Wildman–Crippen LogP) is 1.21. The van der Waals surface area contributed by atoms with E-state index >= 15 is 0 Å². The van der Waals surface area contributed by atoms with Crippen molar-refractivity contribution < 1.29 is 4.79 Å². The number of carbonyl (C=O) groups is 1. The van der Waals surface area contributed by atoms with E-state index in [1.807, 2.05) is 24.3 Å². The van der Waals surface area contributed by atoms with Gasteiger partial charge in [0.15, 0.2) is 0 Å². The van der Waals surface area contributed by atoms with Crippen molar-refractivity contribution in [3.63, 3.8) is 0 Å². The van der Waals surface area contributed by atoms with E-state index in [2.05, 4.69) is 5.10 Å². The van der Waals surface area contributed by atoms with Gasteiger partial charge in [0.1, 0.15) is 12.3 Å². The predicted molar refractivity (Wildman–Crippen MR) is 50.6 cm³/mol. The van der Waals surface area contributed by atoms with Gasteiger partial charge >= 0.3 is 0 Å². The van der Waals surface area contributed by atoms with Crippen LogP contribution in [0.5, 0.6) is 0 Å². The summed E-state index contributed by atoms with van der Waals surface area (Å²) in [6.07, 6.45) is 2.69. The Kier molecular flexibility index (Phi) is 1.85. The molecule has 0 aromatic heterocycles. The SMILES string of the molecule is CN1N=Cc2ccccc2C1C=O. The van der Waals surface area contributed by atoms with Crippen LogP contribution in [-0.2, 0) is 4.79 Å². The molecule has 1 aromatic carbocycles. The molecule has 2 rings (SSSR count). The minimum Gasteiger partial charge on any atom is -0.301 e. The number of aldehydes is 1. The van der Waals surface area contributed by atoms with Crippen LogP contribution < -0.4 is 0 Å². The van der Waals surface area contributed by atoms with E-state index in [0.29, 0.717) is 0 Å². The number of fused-ring (bicyclic) bond motifs is 1. The fourth-order valence-corrected chi connectivity index (χ4v) is 1.49. The Morgan fingerprint density at radius 3 is 3.00 bits per heavy atom. The lowest BCUT2D eigenvalue weighted by Crippen LogP contribution is -2.25. The molecule has 1 aromatic rings. The van der Waals surface area contributed by atoms with Crippen molar-refractivity contribution in [1.29, 1.82) is 0 Å². The summed E-state index contributed by atoms with van der Waals surface area (Å²) in [5.74, 6) is 0. The highest BCUT2D eigenvalue weighted by Crippen LogP contribution is 2.23. The molecule has 3 heteroatoms. The third-order valence-electron chi connectivity index (χ3n) is 2.23. The molecule has 0 N–H and O–H groups in total. The van der Waals surface area contributed by atoms with E-state index in [0.717, 1.165) is 17.4 Å². The normalized spacial score (nSPS) is 19.8. The molecule has 1 unspecified atom stereocenters. The van der Waals surface area contributed by atoms with Crippen LogP contribution in [0.25, 0.3) is 0 Å². The molecule has 0 spiro atoms. The molecule has 0 aliphatic carbocycles. The first-order valence-corrected chi connectivity index (χ1v) is 4.14. The van der Waals surface area contributed by atoms with Crippen molar-refractivity contribution in [2.45, 2.75) is 6.04 Å². The Labute approximate surface area is 76.7 Å². The van der Waals surface area contributed by atoms with Gasteiger partial charge in [0.25, 0.3) is 0 Å². The topological polar surface area (TPSA) is 32.7 Å².